The summed E-state index contributed by atoms with van der Waals surface area (Å²) in [5, 5.41) is 10.3. The van der Waals surface area contributed by atoms with Gasteiger partial charge in [0, 0.05) is 55.9 Å². The Hall–Kier alpha value is -2.40. The average molecular weight is 333 g/mol. The van der Waals surface area contributed by atoms with Crippen molar-refractivity contribution in [2.45, 2.75) is 0 Å². The van der Waals surface area contributed by atoms with E-state index in [0.29, 0.717) is 0 Å². The quantitative estimate of drug-likeness (QED) is 0.722. The van der Waals surface area contributed by atoms with E-state index in [9.17, 15) is 0 Å². The molecule has 2 fully saturated rings. The number of rotatable bonds is 2. The van der Waals surface area contributed by atoms with Crippen LogP contribution in [0.25, 0.3) is 22.2 Å². The molecule has 2 unspecified atom stereocenters. The summed E-state index contributed by atoms with van der Waals surface area (Å²) < 4.78 is 2.13. The first-order chi connectivity index (χ1) is 12.2. The molecule has 25 heavy (non-hydrogen) atoms. The highest BCUT2D eigenvalue weighted by molar-refractivity contribution is 5.85. The van der Waals surface area contributed by atoms with Crippen LogP contribution in [-0.2, 0) is 7.05 Å². The van der Waals surface area contributed by atoms with Gasteiger partial charge in [0.25, 0.3) is 0 Å². The van der Waals surface area contributed by atoms with Gasteiger partial charge in [0.1, 0.15) is 0 Å². The Bertz CT molecular complexity index is 899. The lowest BCUT2D eigenvalue weighted by atomic mass is 10.0. The fourth-order valence-corrected chi connectivity index (χ4v) is 4.50. The third-order valence-corrected chi connectivity index (χ3v) is 5.82. The van der Waals surface area contributed by atoms with Crippen molar-refractivity contribution < 1.29 is 0 Å². The van der Waals surface area contributed by atoms with E-state index >= 15 is 0 Å². The lowest BCUT2D eigenvalue weighted by Gasteiger charge is -2.19. The van der Waals surface area contributed by atoms with Crippen LogP contribution in [-0.4, -0.2) is 52.9 Å². The number of aromatic nitrogens is 3. The van der Waals surface area contributed by atoms with E-state index in [1.807, 2.05) is 0 Å². The lowest BCUT2D eigenvalue weighted by molar-refractivity contribution is 0.387. The SMILES string of the molecule is CN1CC2CN(c3ccc(-c4ccc5c(ccn5C)c4)nn3)CC2C1. The summed E-state index contributed by atoms with van der Waals surface area (Å²) in [6, 6.07) is 12.8. The standard InChI is InChI=1S/C20H23N5/c1-23-10-16-12-25(13-17(16)11-23)20-6-4-18(21-22-20)14-3-5-19-15(9-14)7-8-24(19)2/h3-9,16-17H,10-13H2,1-2H3. The zero-order chi connectivity index (χ0) is 17.0. The molecule has 2 aromatic heterocycles. The third kappa shape index (κ3) is 2.50. The predicted octanol–water partition coefficient (Wildman–Crippen LogP) is 2.63. The smallest absolute Gasteiger partial charge is 0.151 e. The molecule has 0 saturated carbocycles. The van der Waals surface area contributed by atoms with E-state index in [0.717, 1.165) is 42.0 Å². The number of fused-ring (bicyclic) bond motifs is 2. The highest BCUT2D eigenvalue weighted by atomic mass is 15.3. The van der Waals surface area contributed by atoms with Crippen LogP contribution >= 0.6 is 0 Å². The molecule has 4 heterocycles. The second-order valence-corrected chi connectivity index (χ2v) is 7.62. The maximum atomic E-state index is 4.53. The van der Waals surface area contributed by atoms with Gasteiger partial charge >= 0.3 is 0 Å². The molecule has 5 rings (SSSR count). The van der Waals surface area contributed by atoms with Crippen LogP contribution in [0.4, 0.5) is 5.82 Å². The van der Waals surface area contributed by atoms with E-state index in [-0.39, 0.29) is 0 Å². The van der Waals surface area contributed by atoms with Crippen molar-refractivity contribution in [3.8, 4) is 11.3 Å². The van der Waals surface area contributed by atoms with Gasteiger partial charge < -0.3 is 14.4 Å². The van der Waals surface area contributed by atoms with E-state index in [1.54, 1.807) is 0 Å². The van der Waals surface area contributed by atoms with Gasteiger partial charge in [0.2, 0.25) is 0 Å². The molecule has 2 saturated heterocycles. The van der Waals surface area contributed by atoms with Gasteiger partial charge in [-0.1, -0.05) is 6.07 Å². The fraction of sp³-hybridized carbons (Fsp3) is 0.400. The minimum atomic E-state index is 0.784. The first kappa shape index (κ1) is 14.9. The van der Waals surface area contributed by atoms with Crippen molar-refractivity contribution in [1.29, 1.82) is 0 Å². The van der Waals surface area contributed by atoms with Crippen molar-refractivity contribution >= 4 is 16.7 Å². The number of hydrogen-bond acceptors (Lipinski definition) is 4. The second kappa shape index (κ2) is 5.56. The Balaban J connectivity index is 1.38. The molecular weight excluding hydrogens is 310 g/mol. The summed E-state index contributed by atoms with van der Waals surface area (Å²) in [5.74, 6) is 2.58. The Morgan fingerprint density at radius 1 is 0.880 bits per heavy atom. The van der Waals surface area contributed by atoms with Gasteiger partial charge in [0.05, 0.1) is 5.69 Å². The monoisotopic (exact) mass is 333 g/mol. The summed E-state index contributed by atoms with van der Waals surface area (Å²) in [4.78, 5) is 4.85. The number of hydrogen-bond donors (Lipinski definition) is 0. The number of benzene rings is 1. The number of aryl methyl sites for hydroxylation is 1. The normalized spacial score (nSPS) is 23.5. The van der Waals surface area contributed by atoms with Crippen LogP contribution in [0, 0.1) is 11.8 Å². The minimum Gasteiger partial charge on any atom is -0.354 e. The molecule has 1 aromatic carbocycles. The molecule has 5 heteroatoms. The molecule has 5 nitrogen and oxygen atoms in total. The first-order valence-corrected chi connectivity index (χ1v) is 9.00. The highest BCUT2D eigenvalue weighted by Gasteiger charge is 2.39. The molecule has 0 spiro atoms. The third-order valence-electron chi connectivity index (χ3n) is 5.82. The molecule has 0 radical (unpaired) electrons. The lowest BCUT2D eigenvalue weighted by Crippen LogP contribution is -2.27. The number of anilines is 1. The summed E-state index contributed by atoms with van der Waals surface area (Å²) in [6.45, 7) is 4.64. The van der Waals surface area contributed by atoms with Crippen molar-refractivity contribution in [2.75, 3.05) is 38.1 Å². The van der Waals surface area contributed by atoms with Crippen molar-refractivity contribution in [1.82, 2.24) is 19.7 Å². The zero-order valence-electron chi connectivity index (χ0n) is 14.8. The predicted molar refractivity (Wildman–Crippen MR) is 101 cm³/mol. The Morgan fingerprint density at radius 2 is 1.68 bits per heavy atom. The van der Waals surface area contributed by atoms with Crippen molar-refractivity contribution in [3.63, 3.8) is 0 Å². The molecule has 0 aliphatic carbocycles. The molecule has 2 aliphatic rings. The van der Waals surface area contributed by atoms with Crippen molar-refractivity contribution in [2.24, 2.45) is 18.9 Å². The minimum absolute atomic E-state index is 0.784. The largest absolute Gasteiger partial charge is 0.354 e. The van der Waals surface area contributed by atoms with Crippen LogP contribution in [0.3, 0.4) is 0 Å². The molecule has 0 amide bonds. The van der Waals surface area contributed by atoms with Gasteiger partial charge in [-0.3, -0.25) is 0 Å². The Labute approximate surface area is 147 Å². The summed E-state index contributed by atoms with van der Waals surface area (Å²) >= 11 is 0. The Morgan fingerprint density at radius 3 is 2.40 bits per heavy atom. The highest BCUT2D eigenvalue weighted by Crippen LogP contribution is 2.32. The van der Waals surface area contributed by atoms with E-state index in [2.05, 4.69) is 81.3 Å². The van der Waals surface area contributed by atoms with Crippen LogP contribution in [0.2, 0.25) is 0 Å². The van der Waals surface area contributed by atoms with Gasteiger partial charge in [-0.25, -0.2) is 0 Å². The number of likely N-dealkylation sites (tertiary alicyclic amines) is 1. The summed E-state index contributed by atoms with van der Waals surface area (Å²) in [5.41, 5.74) is 3.30. The molecule has 0 N–H and O–H groups in total. The van der Waals surface area contributed by atoms with E-state index in [1.165, 1.54) is 24.0 Å². The maximum absolute atomic E-state index is 4.53. The van der Waals surface area contributed by atoms with Crippen LogP contribution in [0.5, 0.6) is 0 Å². The summed E-state index contributed by atoms with van der Waals surface area (Å²) in [6.07, 6.45) is 2.09. The molecule has 128 valence electrons. The zero-order valence-corrected chi connectivity index (χ0v) is 14.8. The van der Waals surface area contributed by atoms with Gasteiger partial charge in [-0.05, 0) is 49.2 Å². The molecular formula is C20H23N5. The van der Waals surface area contributed by atoms with Crippen LogP contribution < -0.4 is 4.90 Å². The maximum Gasteiger partial charge on any atom is 0.151 e. The van der Waals surface area contributed by atoms with Gasteiger partial charge in [-0.15, -0.1) is 10.2 Å². The molecule has 2 atom stereocenters. The number of nitrogens with zero attached hydrogens (tertiary/aromatic N) is 5. The second-order valence-electron chi connectivity index (χ2n) is 7.62. The van der Waals surface area contributed by atoms with Crippen LogP contribution in [0.15, 0.2) is 42.6 Å². The fourth-order valence-electron chi connectivity index (χ4n) is 4.50. The molecule has 0 bridgehead atoms. The average Bonchev–Trinajstić information content (AvgIpc) is 3.28. The molecule has 3 aromatic rings. The molecule has 2 aliphatic heterocycles. The van der Waals surface area contributed by atoms with E-state index in [4.69, 9.17) is 0 Å². The van der Waals surface area contributed by atoms with Gasteiger partial charge in [0.15, 0.2) is 5.82 Å². The van der Waals surface area contributed by atoms with E-state index < -0.39 is 0 Å². The first-order valence-electron chi connectivity index (χ1n) is 9.00. The Kier molecular flexibility index (Phi) is 3.31. The van der Waals surface area contributed by atoms with Gasteiger partial charge in [-0.2, -0.15) is 0 Å². The summed E-state index contributed by atoms with van der Waals surface area (Å²) in [7, 11) is 4.29. The van der Waals surface area contributed by atoms with Crippen molar-refractivity contribution in [3.05, 3.63) is 42.6 Å². The topological polar surface area (TPSA) is 37.2 Å². The van der Waals surface area contributed by atoms with Crippen LogP contribution in [0.1, 0.15) is 0 Å².